The second kappa shape index (κ2) is 9.66. The second-order valence-electron chi connectivity index (χ2n) is 7.15. The van der Waals surface area contributed by atoms with E-state index in [1.54, 1.807) is 43.3 Å². The number of ether oxygens (including phenoxy) is 1. The van der Waals surface area contributed by atoms with Crippen molar-refractivity contribution >= 4 is 23.2 Å². The van der Waals surface area contributed by atoms with Crippen LogP contribution in [0.1, 0.15) is 17.5 Å². The van der Waals surface area contributed by atoms with Crippen molar-refractivity contribution in [3.63, 3.8) is 0 Å². The van der Waals surface area contributed by atoms with Gasteiger partial charge in [0.1, 0.15) is 5.75 Å². The van der Waals surface area contributed by atoms with Gasteiger partial charge >= 0.3 is 0 Å². The molecule has 0 aliphatic heterocycles. The van der Waals surface area contributed by atoms with E-state index in [-0.39, 0.29) is 17.6 Å². The van der Waals surface area contributed by atoms with E-state index < -0.39 is 6.10 Å². The van der Waals surface area contributed by atoms with Crippen molar-refractivity contribution in [3.05, 3.63) is 103 Å². The Bertz CT molecular complexity index is 1170. The van der Waals surface area contributed by atoms with Crippen molar-refractivity contribution < 1.29 is 18.7 Å². The van der Waals surface area contributed by atoms with E-state index in [9.17, 15) is 9.59 Å². The molecule has 1 unspecified atom stereocenters. The summed E-state index contributed by atoms with van der Waals surface area (Å²) in [5.41, 5.74) is 3.39. The maximum atomic E-state index is 12.5. The van der Waals surface area contributed by atoms with Crippen LogP contribution in [-0.2, 0) is 4.79 Å². The molecule has 4 aromatic rings. The number of rotatable bonds is 7. The molecular formula is C26H22N2O4. The minimum absolute atomic E-state index is 0.227. The fraction of sp³-hybridized carbons (Fsp3) is 0.0769. The Morgan fingerprint density at radius 2 is 1.38 bits per heavy atom. The van der Waals surface area contributed by atoms with Gasteiger partial charge in [0.25, 0.3) is 11.8 Å². The zero-order chi connectivity index (χ0) is 22.3. The monoisotopic (exact) mass is 426 g/mol. The van der Waals surface area contributed by atoms with Crippen LogP contribution in [0.5, 0.6) is 5.75 Å². The van der Waals surface area contributed by atoms with E-state index in [2.05, 4.69) is 10.6 Å². The molecule has 0 aliphatic rings. The smallest absolute Gasteiger partial charge is 0.291 e. The number of benzene rings is 3. The Balaban J connectivity index is 1.31. The average Bonchev–Trinajstić information content (AvgIpc) is 3.37. The first-order chi connectivity index (χ1) is 15.6. The van der Waals surface area contributed by atoms with E-state index in [1.165, 1.54) is 6.26 Å². The molecule has 0 spiro atoms. The number of hydrogen-bond acceptors (Lipinski definition) is 4. The molecule has 1 heterocycles. The molecule has 3 aromatic carbocycles. The van der Waals surface area contributed by atoms with Gasteiger partial charge in [-0.15, -0.1) is 0 Å². The van der Waals surface area contributed by atoms with Gasteiger partial charge in [0, 0.05) is 11.4 Å². The van der Waals surface area contributed by atoms with Gasteiger partial charge in [-0.25, -0.2) is 0 Å². The highest BCUT2D eigenvalue weighted by molar-refractivity contribution is 6.02. The van der Waals surface area contributed by atoms with Crippen LogP contribution in [0.25, 0.3) is 11.1 Å². The van der Waals surface area contributed by atoms with Gasteiger partial charge in [0.15, 0.2) is 11.9 Å². The van der Waals surface area contributed by atoms with Crippen molar-refractivity contribution in [1.82, 2.24) is 0 Å². The highest BCUT2D eigenvalue weighted by atomic mass is 16.5. The fourth-order valence-electron chi connectivity index (χ4n) is 3.10. The predicted molar refractivity (Wildman–Crippen MR) is 124 cm³/mol. The van der Waals surface area contributed by atoms with Gasteiger partial charge in [-0.2, -0.15) is 0 Å². The minimum Gasteiger partial charge on any atom is -0.481 e. The molecule has 6 nitrogen and oxygen atoms in total. The number of carbonyl (C=O) groups is 2. The van der Waals surface area contributed by atoms with Gasteiger partial charge in [-0.3, -0.25) is 9.59 Å². The summed E-state index contributed by atoms with van der Waals surface area (Å²) in [7, 11) is 0. The summed E-state index contributed by atoms with van der Waals surface area (Å²) in [4.78, 5) is 24.5. The normalized spacial score (nSPS) is 11.4. The third-order valence-corrected chi connectivity index (χ3v) is 4.80. The first-order valence-electron chi connectivity index (χ1n) is 10.2. The van der Waals surface area contributed by atoms with Crippen LogP contribution < -0.4 is 15.4 Å². The lowest BCUT2D eigenvalue weighted by atomic mass is 10.1. The maximum Gasteiger partial charge on any atom is 0.291 e. The van der Waals surface area contributed by atoms with Gasteiger partial charge in [-0.05, 0) is 66.6 Å². The van der Waals surface area contributed by atoms with Crippen LogP contribution in [0.3, 0.4) is 0 Å². The Morgan fingerprint density at radius 3 is 2.00 bits per heavy atom. The molecule has 1 aromatic heterocycles. The highest BCUT2D eigenvalue weighted by Gasteiger charge is 2.15. The first kappa shape index (κ1) is 20.9. The largest absolute Gasteiger partial charge is 0.481 e. The number of anilines is 2. The number of amides is 2. The van der Waals surface area contributed by atoms with Crippen LogP contribution in [-0.4, -0.2) is 17.9 Å². The molecule has 2 amide bonds. The summed E-state index contributed by atoms with van der Waals surface area (Å²) in [6.45, 7) is 1.69. The number of nitrogens with one attached hydrogen (secondary N) is 2. The van der Waals surface area contributed by atoms with Gasteiger partial charge in [0.2, 0.25) is 0 Å². The maximum absolute atomic E-state index is 12.5. The topological polar surface area (TPSA) is 80.6 Å². The first-order valence-corrected chi connectivity index (χ1v) is 10.2. The lowest BCUT2D eigenvalue weighted by molar-refractivity contribution is -0.122. The SMILES string of the molecule is CC(Oc1ccc(-c2ccccc2)cc1)C(=O)Nc1ccc(NC(=O)c2ccco2)cc1. The highest BCUT2D eigenvalue weighted by Crippen LogP contribution is 2.23. The van der Waals surface area contributed by atoms with Crippen molar-refractivity contribution in [1.29, 1.82) is 0 Å². The van der Waals surface area contributed by atoms with E-state index in [0.717, 1.165) is 11.1 Å². The van der Waals surface area contributed by atoms with Crippen molar-refractivity contribution in [2.75, 3.05) is 10.6 Å². The molecule has 0 bridgehead atoms. The molecule has 0 saturated heterocycles. The summed E-state index contributed by atoms with van der Waals surface area (Å²) in [6, 6.07) is 27.7. The minimum atomic E-state index is -0.684. The molecule has 6 heteroatoms. The molecule has 1 atom stereocenters. The molecule has 0 fully saturated rings. The summed E-state index contributed by atoms with van der Waals surface area (Å²) in [5, 5.41) is 5.54. The Morgan fingerprint density at radius 1 is 0.750 bits per heavy atom. The summed E-state index contributed by atoms with van der Waals surface area (Å²) >= 11 is 0. The van der Waals surface area contributed by atoms with Crippen LogP contribution >= 0.6 is 0 Å². The van der Waals surface area contributed by atoms with E-state index in [0.29, 0.717) is 17.1 Å². The number of furan rings is 1. The van der Waals surface area contributed by atoms with Crippen molar-refractivity contribution in [2.24, 2.45) is 0 Å². The Kier molecular flexibility index (Phi) is 6.32. The average molecular weight is 426 g/mol. The van der Waals surface area contributed by atoms with E-state index >= 15 is 0 Å². The zero-order valence-corrected chi connectivity index (χ0v) is 17.4. The van der Waals surface area contributed by atoms with E-state index in [4.69, 9.17) is 9.15 Å². The van der Waals surface area contributed by atoms with Crippen LogP contribution in [0.2, 0.25) is 0 Å². The number of carbonyl (C=O) groups excluding carboxylic acids is 2. The Labute approximate surface area is 185 Å². The van der Waals surface area contributed by atoms with Crippen LogP contribution in [0.4, 0.5) is 11.4 Å². The summed E-state index contributed by atoms with van der Waals surface area (Å²) < 4.78 is 10.8. The molecule has 4 rings (SSSR count). The molecule has 0 aliphatic carbocycles. The molecule has 32 heavy (non-hydrogen) atoms. The quantitative estimate of drug-likeness (QED) is 0.403. The summed E-state index contributed by atoms with van der Waals surface area (Å²) in [6.07, 6.45) is 0.755. The third-order valence-electron chi connectivity index (χ3n) is 4.80. The fourth-order valence-corrected chi connectivity index (χ4v) is 3.10. The molecule has 2 N–H and O–H groups in total. The third kappa shape index (κ3) is 5.23. The lowest BCUT2D eigenvalue weighted by Gasteiger charge is -2.15. The van der Waals surface area contributed by atoms with Crippen molar-refractivity contribution in [2.45, 2.75) is 13.0 Å². The Hall–Kier alpha value is -4.32. The number of hydrogen-bond donors (Lipinski definition) is 2. The molecular weight excluding hydrogens is 404 g/mol. The van der Waals surface area contributed by atoms with Crippen LogP contribution in [0.15, 0.2) is 102 Å². The van der Waals surface area contributed by atoms with E-state index in [1.807, 2.05) is 54.6 Å². The standard InChI is InChI=1S/C26H22N2O4/c1-18(32-23-15-9-20(10-16-23)19-6-3-2-4-7-19)25(29)27-21-11-13-22(14-12-21)28-26(30)24-8-5-17-31-24/h2-18H,1H3,(H,27,29)(H,28,30). The van der Waals surface area contributed by atoms with Gasteiger partial charge < -0.3 is 19.8 Å². The van der Waals surface area contributed by atoms with Crippen molar-refractivity contribution in [3.8, 4) is 16.9 Å². The predicted octanol–water partition coefficient (Wildman–Crippen LogP) is 5.60. The summed E-state index contributed by atoms with van der Waals surface area (Å²) in [5.74, 6) is 0.227. The molecule has 0 radical (unpaired) electrons. The zero-order valence-electron chi connectivity index (χ0n) is 17.4. The van der Waals surface area contributed by atoms with Gasteiger partial charge in [0.05, 0.1) is 6.26 Å². The molecule has 0 saturated carbocycles. The lowest BCUT2D eigenvalue weighted by Crippen LogP contribution is -2.30. The molecule has 160 valence electrons. The van der Waals surface area contributed by atoms with Crippen LogP contribution in [0, 0.1) is 0 Å². The van der Waals surface area contributed by atoms with Gasteiger partial charge in [-0.1, -0.05) is 42.5 Å². The second-order valence-corrected chi connectivity index (χ2v) is 7.15.